The number of benzene rings is 1. The minimum Gasteiger partial charge on any atom is -0.357 e. The van der Waals surface area contributed by atoms with Gasteiger partial charge in [-0.2, -0.15) is 0 Å². The van der Waals surface area contributed by atoms with Crippen molar-refractivity contribution in [3.8, 4) is 0 Å². The normalized spacial score (nSPS) is 22.8. The first kappa shape index (κ1) is 31.1. The Morgan fingerprint density at radius 2 is 1.48 bits per heavy atom. The van der Waals surface area contributed by atoms with Crippen LogP contribution in [-0.4, -0.2) is 30.7 Å². The highest BCUT2D eigenvalue weighted by molar-refractivity contribution is 5.68. The molecule has 0 bridgehead atoms. The van der Waals surface area contributed by atoms with E-state index in [-0.39, 0.29) is 0 Å². The molecule has 2 aliphatic carbocycles. The summed E-state index contributed by atoms with van der Waals surface area (Å²) < 4.78 is 0. The molecule has 1 aromatic rings. The first-order valence-electron chi connectivity index (χ1n) is 16.7. The van der Waals surface area contributed by atoms with Crippen LogP contribution in [0.4, 0.5) is 5.69 Å². The summed E-state index contributed by atoms with van der Waals surface area (Å²) in [6.45, 7) is 22.4. The number of fused-ring (bicyclic) bond motifs is 1. The standard InChI is InChI=1S/C38H60N2/c1-27(2)13-9-14-28(3)15-10-16-29(4)17-11-18-34-21-22-36-37(30(5)25-34)32(7)31(6)33(8)38(36)40-24-23-39(26-40)35-19-12-20-35/h13,15,17,30,34-35H,9-12,14,16,18-26H2,1-8H3/b28-15+,29-17+. The van der Waals surface area contributed by atoms with E-state index in [0.717, 1.165) is 18.6 Å². The van der Waals surface area contributed by atoms with Crippen molar-refractivity contribution in [2.75, 3.05) is 24.7 Å². The van der Waals surface area contributed by atoms with Crippen molar-refractivity contribution in [2.45, 2.75) is 144 Å². The molecule has 1 heterocycles. The van der Waals surface area contributed by atoms with Gasteiger partial charge in [0.25, 0.3) is 0 Å². The Morgan fingerprint density at radius 3 is 2.12 bits per heavy atom. The minimum absolute atomic E-state index is 0.662. The van der Waals surface area contributed by atoms with E-state index in [1.165, 1.54) is 95.7 Å². The molecule has 1 saturated carbocycles. The Hall–Kier alpha value is -1.80. The third-order valence-corrected chi connectivity index (χ3v) is 10.6. The van der Waals surface area contributed by atoms with E-state index in [2.05, 4.69) is 83.4 Å². The van der Waals surface area contributed by atoms with E-state index in [1.54, 1.807) is 44.7 Å². The molecule has 40 heavy (non-hydrogen) atoms. The second kappa shape index (κ2) is 14.4. The van der Waals surface area contributed by atoms with Crippen LogP contribution in [0, 0.1) is 26.7 Å². The van der Waals surface area contributed by atoms with Gasteiger partial charge in [-0.15, -0.1) is 0 Å². The summed E-state index contributed by atoms with van der Waals surface area (Å²) in [4.78, 5) is 5.53. The smallest absolute Gasteiger partial charge is 0.0710 e. The second-order valence-electron chi connectivity index (χ2n) is 14.0. The lowest BCUT2D eigenvalue weighted by molar-refractivity contribution is 0.160. The fourth-order valence-corrected chi connectivity index (χ4v) is 7.68. The van der Waals surface area contributed by atoms with Crippen molar-refractivity contribution in [1.29, 1.82) is 0 Å². The van der Waals surface area contributed by atoms with Crippen molar-refractivity contribution >= 4 is 5.69 Å². The van der Waals surface area contributed by atoms with Crippen LogP contribution in [0.15, 0.2) is 34.9 Å². The van der Waals surface area contributed by atoms with Gasteiger partial charge in [0.15, 0.2) is 0 Å². The van der Waals surface area contributed by atoms with E-state index >= 15 is 0 Å². The maximum Gasteiger partial charge on any atom is 0.0710 e. The van der Waals surface area contributed by atoms with E-state index in [4.69, 9.17) is 0 Å². The third-order valence-electron chi connectivity index (χ3n) is 10.6. The van der Waals surface area contributed by atoms with Crippen LogP contribution in [-0.2, 0) is 6.42 Å². The summed E-state index contributed by atoms with van der Waals surface area (Å²) in [5.41, 5.74) is 14.3. The van der Waals surface area contributed by atoms with Gasteiger partial charge in [-0.05, 0) is 159 Å². The molecule has 3 aliphatic rings. The van der Waals surface area contributed by atoms with Gasteiger partial charge >= 0.3 is 0 Å². The zero-order valence-corrected chi connectivity index (χ0v) is 27.5. The number of hydrogen-bond donors (Lipinski definition) is 0. The summed E-state index contributed by atoms with van der Waals surface area (Å²) in [6.07, 6.45) is 23.0. The molecule has 2 fully saturated rings. The monoisotopic (exact) mass is 544 g/mol. The molecular weight excluding hydrogens is 484 g/mol. The van der Waals surface area contributed by atoms with E-state index < -0.39 is 0 Å². The summed E-state index contributed by atoms with van der Waals surface area (Å²) in [5, 5.41) is 0. The molecule has 0 aromatic heterocycles. The van der Waals surface area contributed by atoms with Crippen molar-refractivity contribution in [3.63, 3.8) is 0 Å². The molecule has 0 radical (unpaired) electrons. The van der Waals surface area contributed by atoms with Gasteiger partial charge in [-0.3, -0.25) is 4.90 Å². The summed E-state index contributed by atoms with van der Waals surface area (Å²) in [7, 11) is 0. The molecular formula is C38H60N2. The zero-order valence-electron chi connectivity index (χ0n) is 27.5. The first-order valence-corrected chi connectivity index (χ1v) is 16.7. The Labute approximate surface area is 248 Å². The van der Waals surface area contributed by atoms with Crippen LogP contribution >= 0.6 is 0 Å². The molecule has 1 aromatic carbocycles. The fourth-order valence-electron chi connectivity index (χ4n) is 7.68. The van der Waals surface area contributed by atoms with Gasteiger partial charge in [0.1, 0.15) is 0 Å². The van der Waals surface area contributed by atoms with Crippen LogP contribution in [0.3, 0.4) is 0 Å². The molecule has 0 amide bonds. The van der Waals surface area contributed by atoms with Crippen LogP contribution < -0.4 is 4.90 Å². The van der Waals surface area contributed by atoms with Crippen molar-refractivity contribution in [1.82, 2.24) is 4.90 Å². The predicted octanol–water partition coefficient (Wildman–Crippen LogP) is 10.5. The highest BCUT2D eigenvalue weighted by atomic mass is 15.4. The molecule has 2 nitrogen and oxygen atoms in total. The number of rotatable bonds is 11. The molecule has 2 heteroatoms. The zero-order chi connectivity index (χ0) is 28.8. The number of allylic oxidation sites excluding steroid dienone is 6. The van der Waals surface area contributed by atoms with Crippen molar-refractivity contribution < 1.29 is 0 Å². The Bertz CT molecular complexity index is 1100. The lowest BCUT2D eigenvalue weighted by Crippen LogP contribution is -2.39. The average molecular weight is 545 g/mol. The van der Waals surface area contributed by atoms with Crippen LogP contribution in [0.25, 0.3) is 0 Å². The lowest BCUT2D eigenvalue weighted by Gasteiger charge is -2.35. The van der Waals surface area contributed by atoms with Gasteiger partial charge in [0.2, 0.25) is 0 Å². The van der Waals surface area contributed by atoms with E-state index in [9.17, 15) is 0 Å². The van der Waals surface area contributed by atoms with Gasteiger partial charge in [0.05, 0.1) is 6.67 Å². The minimum atomic E-state index is 0.662. The van der Waals surface area contributed by atoms with Crippen molar-refractivity contribution in [3.05, 3.63) is 62.8 Å². The summed E-state index contributed by atoms with van der Waals surface area (Å²) in [6, 6.07) is 0.850. The fraction of sp³-hybridized carbons (Fsp3) is 0.684. The molecule has 1 saturated heterocycles. The molecule has 0 spiro atoms. The van der Waals surface area contributed by atoms with Gasteiger partial charge < -0.3 is 4.90 Å². The highest BCUT2D eigenvalue weighted by Gasteiger charge is 2.34. The van der Waals surface area contributed by atoms with Crippen LogP contribution in [0.5, 0.6) is 0 Å². The van der Waals surface area contributed by atoms with Gasteiger partial charge in [0, 0.05) is 24.8 Å². The topological polar surface area (TPSA) is 6.48 Å². The highest BCUT2D eigenvalue weighted by Crippen LogP contribution is 2.45. The SMILES string of the molecule is CC(C)=CCC/C(C)=C/CC/C(C)=C/CCC1CCc2c(c(C)c(C)c(C)c2N2CCN(C3CCC3)C2)C(C)C1. The van der Waals surface area contributed by atoms with Crippen LogP contribution in [0.2, 0.25) is 0 Å². The van der Waals surface area contributed by atoms with E-state index in [0.29, 0.717) is 5.92 Å². The maximum absolute atomic E-state index is 2.77. The number of anilines is 1. The second-order valence-corrected chi connectivity index (χ2v) is 14.0. The molecule has 222 valence electrons. The first-order chi connectivity index (χ1) is 19.2. The largest absolute Gasteiger partial charge is 0.357 e. The third kappa shape index (κ3) is 7.72. The van der Waals surface area contributed by atoms with Crippen LogP contribution in [0.1, 0.15) is 139 Å². The molecule has 1 aliphatic heterocycles. The van der Waals surface area contributed by atoms with Gasteiger partial charge in [-0.25, -0.2) is 0 Å². The van der Waals surface area contributed by atoms with E-state index in [1.807, 2.05) is 0 Å². The lowest BCUT2D eigenvalue weighted by atomic mass is 9.83. The Balaban J connectivity index is 1.35. The Morgan fingerprint density at radius 1 is 0.800 bits per heavy atom. The molecule has 2 unspecified atom stereocenters. The quantitative estimate of drug-likeness (QED) is 0.202. The predicted molar refractivity (Wildman–Crippen MR) is 177 cm³/mol. The molecule has 0 N–H and O–H groups in total. The number of nitrogens with zero attached hydrogens (tertiary/aromatic N) is 2. The number of hydrogen-bond acceptors (Lipinski definition) is 2. The van der Waals surface area contributed by atoms with Crippen molar-refractivity contribution in [2.24, 2.45) is 5.92 Å². The summed E-state index contributed by atoms with van der Waals surface area (Å²) >= 11 is 0. The van der Waals surface area contributed by atoms with Gasteiger partial charge in [-0.1, -0.05) is 48.3 Å². The molecule has 4 rings (SSSR count). The summed E-state index contributed by atoms with van der Waals surface area (Å²) in [5.74, 6) is 1.50. The average Bonchev–Trinajstić information content (AvgIpc) is 3.26. The molecule has 2 atom stereocenters. The Kier molecular flexibility index (Phi) is 11.2. The maximum atomic E-state index is 2.77.